The van der Waals surface area contributed by atoms with E-state index in [0.29, 0.717) is 43.1 Å². The van der Waals surface area contributed by atoms with Crippen molar-refractivity contribution in [2.45, 2.75) is 13.3 Å². The second kappa shape index (κ2) is 5.81. The molecule has 108 valence electrons. The Hall–Kier alpha value is -2.24. The number of likely N-dealkylation sites (tertiary alicyclic amines) is 1. The third-order valence-corrected chi connectivity index (χ3v) is 3.44. The van der Waals surface area contributed by atoms with Gasteiger partial charge in [-0.25, -0.2) is 0 Å². The Bertz CT molecular complexity index is 530. The average molecular weight is 277 g/mol. The minimum Gasteiger partial charge on any atom is -0.491 e. The van der Waals surface area contributed by atoms with Crippen LogP contribution in [0.1, 0.15) is 23.7 Å². The highest BCUT2D eigenvalue weighted by Crippen LogP contribution is 2.29. The average Bonchev–Trinajstić information content (AvgIpc) is 2.90. The van der Waals surface area contributed by atoms with E-state index in [4.69, 9.17) is 16.2 Å². The Morgan fingerprint density at radius 3 is 2.80 bits per heavy atom. The van der Waals surface area contributed by atoms with Gasteiger partial charge in [-0.2, -0.15) is 0 Å². The number of nitrogens with zero attached hydrogens (tertiary/aromatic N) is 1. The number of anilines is 1. The first kappa shape index (κ1) is 14.2. The molecule has 4 N–H and O–H groups in total. The van der Waals surface area contributed by atoms with Crippen molar-refractivity contribution in [3.8, 4) is 5.75 Å². The molecule has 6 nitrogen and oxygen atoms in total. The monoisotopic (exact) mass is 277 g/mol. The van der Waals surface area contributed by atoms with E-state index in [1.165, 1.54) is 0 Å². The second-order valence-corrected chi connectivity index (χ2v) is 4.80. The maximum Gasteiger partial charge on any atom is 0.257 e. The fourth-order valence-corrected chi connectivity index (χ4v) is 2.38. The van der Waals surface area contributed by atoms with Crippen molar-refractivity contribution >= 4 is 17.5 Å². The highest BCUT2D eigenvalue weighted by atomic mass is 16.5. The summed E-state index contributed by atoms with van der Waals surface area (Å²) in [6.45, 7) is 3.14. The molecule has 1 aliphatic rings. The molecule has 0 aliphatic carbocycles. The van der Waals surface area contributed by atoms with Gasteiger partial charge in [-0.15, -0.1) is 0 Å². The highest BCUT2D eigenvalue weighted by Gasteiger charge is 2.31. The Kier molecular flexibility index (Phi) is 4.12. The Labute approximate surface area is 117 Å². The molecule has 1 saturated heterocycles. The third-order valence-electron chi connectivity index (χ3n) is 3.44. The van der Waals surface area contributed by atoms with E-state index in [9.17, 15) is 9.59 Å². The molecule has 20 heavy (non-hydrogen) atoms. The number of hydrogen-bond donors (Lipinski definition) is 2. The van der Waals surface area contributed by atoms with Crippen molar-refractivity contribution in [2.75, 3.05) is 25.4 Å². The summed E-state index contributed by atoms with van der Waals surface area (Å²) in [4.78, 5) is 25.3. The molecule has 1 aliphatic heterocycles. The Balaban J connectivity index is 2.22. The fraction of sp³-hybridized carbons (Fsp3) is 0.429. The van der Waals surface area contributed by atoms with Crippen LogP contribution in [0.4, 0.5) is 5.69 Å². The number of primary amides is 1. The van der Waals surface area contributed by atoms with Crippen LogP contribution in [-0.4, -0.2) is 36.4 Å². The molecule has 1 aromatic carbocycles. The van der Waals surface area contributed by atoms with Gasteiger partial charge in [0.2, 0.25) is 5.91 Å². The van der Waals surface area contributed by atoms with Crippen LogP contribution in [0, 0.1) is 5.92 Å². The normalized spacial score (nSPS) is 18.1. The zero-order valence-corrected chi connectivity index (χ0v) is 11.5. The number of amides is 2. The summed E-state index contributed by atoms with van der Waals surface area (Å²) >= 11 is 0. The number of rotatable bonds is 4. The van der Waals surface area contributed by atoms with Gasteiger partial charge in [-0.1, -0.05) is 6.07 Å². The quantitative estimate of drug-likeness (QED) is 0.788. The summed E-state index contributed by atoms with van der Waals surface area (Å²) in [6, 6.07) is 5.09. The highest BCUT2D eigenvalue weighted by molar-refractivity contribution is 5.99. The van der Waals surface area contributed by atoms with Gasteiger partial charge in [0.1, 0.15) is 0 Å². The van der Waals surface area contributed by atoms with Crippen LogP contribution in [-0.2, 0) is 4.79 Å². The van der Waals surface area contributed by atoms with E-state index in [1.54, 1.807) is 23.1 Å². The Morgan fingerprint density at radius 2 is 2.20 bits per heavy atom. The van der Waals surface area contributed by atoms with Crippen molar-refractivity contribution in [3.63, 3.8) is 0 Å². The first-order valence-electron chi connectivity index (χ1n) is 6.64. The van der Waals surface area contributed by atoms with Crippen LogP contribution in [0.15, 0.2) is 18.2 Å². The second-order valence-electron chi connectivity index (χ2n) is 4.80. The van der Waals surface area contributed by atoms with Crippen LogP contribution in [0.3, 0.4) is 0 Å². The lowest BCUT2D eigenvalue weighted by molar-refractivity contribution is -0.121. The van der Waals surface area contributed by atoms with E-state index in [2.05, 4.69) is 0 Å². The van der Waals surface area contributed by atoms with Gasteiger partial charge in [0.15, 0.2) is 5.75 Å². The number of benzene rings is 1. The SMILES string of the molecule is CCOc1c(N)cccc1C(=O)N1CCC(C(N)=O)C1. The van der Waals surface area contributed by atoms with E-state index < -0.39 is 0 Å². The van der Waals surface area contributed by atoms with Crippen molar-refractivity contribution in [3.05, 3.63) is 23.8 Å². The van der Waals surface area contributed by atoms with Gasteiger partial charge in [0, 0.05) is 13.1 Å². The third kappa shape index (κ3) is 2.68. The molecule has 6 heteroatoms. The number of carbonyl (C=O) groups excluding carboxylic acids is 2. The van der Waals surface area contributed by atoms with Crippen LogP contribution in [0.5, 0.6) is 5.75 Å². The number of nitrogen functional groups attached to an aromatic ring is 1. The van der Waals surface area contributed by atoms with Crippen molar-refractivity contribution in [1.82, 2.24) is 4.90 Å². The maximum absolute atomic E-state index is 12.5. The van der Waals surface area contributed by atoms with Crippen molar-refractivity contribution in [1.29, 1.82) is 0 Å². The lowest BCUT2D eigenvalue weighted by Crippen LogP contribution is -2.32. The maximum atomic E-state index is 12.5. The summed E-state index contributed by atoms with van der Waals surface area (Å²) in [5.41, 5.74) is 12.0. The van der Waals surface area contributed by atoms with Crippen LogP contribution in [0.2, 0.25) is 0 Å². The van der Waals surface area contributed by atoms with Crippen LogP contribution < -0.4 is 16.2 Å². The van der Waals surface area contributed by atoms with Crippen LogP contribution in [0.25, 0.3) is 0 Å². The lowest BCUT2D eigenvalue weighted by atomic mass is 10.1. The molecule has 0 aromatic heterocycles. The van der Waals surface area contributed by atoms with E-state index in [1.807, 2.05) is 6.92 Å². The number of hydrogen-bond acceptors (Lipinski definition) is 4. The standard InChI is InChI=1S/C14H19N3O3/c1-2-20-12-10(4-3-5-11(12)15)14(19)17-7-6-9(8-17)13(16)18/h3-5,9H,2,6-8,15H2,1H3,(H2,16,18). The van der Waals surface area contributed by atoms with Gasteiger partial charge in [-0.3, -0.25) is 9.59 Å². The summed E-state index contributed by atoms with van der Waals surface area (Å²) in [5, 5.41) is 0. The first-order chi connectivity index (χ1) is 9.54. The molecule has 1 atom stereocenters. The number of ether oxygens (including phenoxy) is 1. The topological polar surface area (TPSA) is 98.7 Å². The van der Waals surface area contributed by atoms with Gasteiger partial charge < -0.3 is 21.1 Å². The molecule has 2 amide bonds. The number of nitrogens with two attached hydrogens (primary N) is 2. The molecule has 0 saturated carbocycles. The van der Waals surface area contributed by atoms with E-state index in [-0.39, 0.29) is 17.7 Å². The van der Waals surface area contributed by atoms with Gasteiger partial charge >= 0.3 is 0 Å². The molecular formula is C14H19N3O3. The molecule has 1 aromatic rings. The van der Waals surface area contributed by atoms with E-state index in [0.717, 1.165) is 0 Å². The largest absolute Gasteiger partial charge is 0.491 e. The minimum atomic E-state index is -0.363. The molecule has 0 spiro atoms. The fourth-order valence-electron chi connectivity index (χ4n) is 2.38. The van der Waals surface area contributed by atoms with Crippen LogP contribution >= 0.6 is 0 Å². The molecule has 0 radical (unpaired) electrons. The predicted molar refractivity (Wildman–Crippen MR) is 75.2 cm³/mol. The molecule has 1 heterocycles. The predicted octanol–water partition coefficient (Wildman–Crippen LogP) is 0.615. The summed E-state index contributed by atoms with van der Waals surface area (Å²) in [5.74, 6) is -0.402. The van der Waals surface area contributed by atoms with E-state index >= 15 is 0 Å². The molecule has 1 fully saturated rings. The Morgan fingerprint density at radius 1 is 1.45 bits per heavy atom. The number of carbonyl (C=O) groups is 2. The first-order valence-corrected chi connectivity index (χ1v) is 6.64. The lowest BCUT2D eigenvalue weighted by Gasteiger charge is -2.19. The minimum absolute atomic E-state index is 0.176. The number of para-hydroxylation sites is 1. The summed E-state index contributed by atoms with van der Waals surface area (Å²) < 4.78 is 5.46. The van der Waals surface area contributed by atoms with Gasteiger partial charge in [-0.05, 0) is 25.5 Å². The van der Waals surface area contributed by atoms with Gasteiger partial charge in [0.25, 0.3) is 5.91 Å². The molecule has 2 rings (SSSR count). The van der Waals surface area contributed by atoms with Crippen molar-refractivity contribution < 1.29 is 14.3 Å². The molecule has 1 unspecified atom stereocenters. The zero-order valence-electron chi connectivity index (χ0n) is 11.5. The van der Waals surface area contributed by atoms with Gasteiger partial charge in [0.05, 0.1) is 23.8 Å². The smallest absolute Gasteiger partial charge is 0.257 e. The summed E-state index contributed by atoms with van der Waals surface area (Å²) in [7, 11) is 0. The summed E-state index contributed by atoms with van der Waals surface area (Å²) in [6.07, 6.45) is 0.605. The molecule has 0 bridgehead atoms. The molecular weight excluding hydrogens is 258 g/mol. The zero-order chi connectivity index (χ0) is 14.7. The van der Waals surface area contributed by atoms with Crippen molar-refractivity contribution in [2.24, 2.45) is 11.7 Å².